The van der Waals surface area contributed by atoms with Gasteiger partial charge in [-0.05, 0) is 28.1 Å². The van der Waals surface area contributed by atoms with E-state index in [9.17, 15) is 0 Å². The van der Waals surface area contributed by atoms with E-state index in [-0.39, 0.29) is 0 Å². The molecule has 0 saturated heterocycles. The molecule has 0 spiro atoms. The van der Waals surface area contributed by atoms with Crippen LogP contribution in [0.25, 0.3) is 0 Å². The predicted octanol–water partition coefficient (Wildman–Crippen LogP) is 2.07. The highest BCUT2D eigenvalue weighted by Gasteiger charge is 2.01. The summed E-state index contributed by atoms with van der Waals surface area (Å²) < 4.78 is 5.87. The SMILES string of the molecule is COc1nc(/N=C/N(C)C)ccc1Br. The Morgan fingerprint density at radius 3 is 2.79 bits per heavy atom. The van der Waals surface area contributed by atoms with Gasteiger partial charge in [0.25, 0.3) is 0 Å². The standard InChI is InChI=1S/C9H12BrN3O/c1-13(2)6-11-8-5-4-7(10)9(12-8)14-3/h4-6H,1-3H3/b11-6+. The quantitative estimate of drug-likeness (QED) is 0.615. The van der Waals surface area contributed by atoms with Gasteiger partial charge in [-0.2, -0.15) is 4.98 Å². The summed E-state index contributed by atoms with van der Waals surface area (Å²) >= 11 is 3.32. The Morgan fingerprint density at radius 2 is 2.21 bits per heavy atom. The van der Waals surface area contributed by atoms with E-state index in [1.54, 1.807) is 13.4 Å². The average molecular weight is 258 g/mol. The van der Waals surface area contributed by atoms with Crippen LogP contribution in [-0.4, -0.2) is 37.4 Å². The molecule has 1 aromatic heterocycles. The smallest absolute Gasteiger partial charge is 0.229 e. The molecule has 1 rings (SSSR count). The highest BCUT2D eigenvalue weighted by molar-refractivity contribution is 9.10. The Morgan fingerprint density at radius 1 is 1.50 bits per heavy atom. The van der Waals surface area contributed by atoms with Crippen molar-refractivity contribution in [1.29, 1.82) is 0 Å². The summed E-state index contributed by atoms with van der Waals surface area (Å²) in [5.41, 5.74) is 0. The molecule has 0 aromatic carbocycles. The summed E-state index contributed by atoms with van der Waals surface area (Å²) in [6.45, 7) is 0. The summed E-state index contributed by atoms with van der Waals surface area (Å²) in [5, 5.41) is 0. The van der Waals surface area contributed by atoms with Crippen LogP contribution in [0.15, 0.2) is 21.6 Å². The maximum atomic E-state index is 5.05. The van der Waals surface area contributed by atoms with Crippen LogP contribution in [0.1, 0.15) is 0 Å². The second-order valence-electron chi connectivity index (χ2n) is 2.87. The van der Waals surface area contributed by atoms with E-state index in [0.717, 1.165) is 4.47 Å². The fourth-order valence-corrected chi connectivity index (χ4v) is 1.19. The fourth-order valence-electron chi connectivity index (χ4n) is 0.803. The van der Waals surface area contributed by atoms with Crippen molar-refractivity contribution < 1.29 is 4.74 Å². The number of hydrogen-bond acceptors (Lipinski definition) is 3. The molecule has 0 fully saturated rings. The molecule has 14 heavy (non-hydrogen) atoms. The Hall–Kier alpha value is -1.10. The molecule has 0 aliphatic rings. The van der Waals surface area contributed by atoms with Crippen LogP contribution >= 0.6 is 15.9 Å². The number of aromatic nitrogens is 1. The summed E-state index contributed by atoms with van der Waals surface area (Å²) in [5.74, 6) is 1.16. The Kier molecular flexibility index (Phi) is 3.88. The van der Waals surface area contributed by atoms with Gasteiger partial charge in [0.2, 0.25) is 5.88 Å². The minimum atomic E-state index is 0.540. The second-order valence-corrected chi connectivity index (χ2v) is 3.72. The lowest BCUT2D eigenvalue weighted by molar-refractivity contribution is 0.395. The van der Waals surface area contributed by atoms with Crippen molar-refractivity contribution in [3.63, 3.8) is 0 Å². The fraction of sp³-hybridized carbons (Fsp3) is 0.333. The first-order valence-corrected chi connectivity index (χ1v) is 4.84. The Bertz CT molecular complexity index is 339. The molecule has 1 aromatic rings. The molecule has 76 valence electrons. The molecular weight excluding hydrogens is 246 g/mol. The van der Waals surface area contributed by atoms with Crippen LogP contribution in [0.2, 0.25) is 0 Å². The van der Waals surface area contributed by atoms with Gasteiger partial charge in [0.15, 0.2) is 5.82 Å². The van der Waals surface area contributed by atoms with Crippen LogP contribution in [0, 0.1) is 0 Å². The number of hydrogen-bond donors (Lipinski definition) is 0. The van der Waals surface area contributed by atoms with Crippen LogP contribution < -0.4 is 4.74 Å². The zero-order chi connectivity index (χ0) is 10.6. The Balaban J connectivity index is 2.89. The largest absolute Gasteiger partial charge is 0.480 e. The number of rotatable bonds is 3. The van der Waals surface area contributed by atoms with E-state index in [1.165, 1.54) is 0 Å². The minimum absolute atomic E-state index is 0.540. The normalized spacial score (nSPS) is 10.6. The van der Waals surface area contributed by atoms with E-state index in [2.05, 4.69) is 25.9 Å². The van der Waals surface area contributed by atoms with Gasteiger partial charge in [-0.1, -0.05) is 0 Å². The second kappa shape index (κ2) is 4.95. The lowest BCUT2D eigenvalue weighted by atomic mass is 10.4. The van der Waals surface area contributed by atoms with Gasteiger partial charge in [0.05, 0.1) is 17.9 Å². The highest BCUT2D eigenvalue weighted by Crippen LogP contribution is 2.24. The lowest BCUT2D eigenvalue weighted by Crippen LogP contribution is -2.07. The van der Waals surface area contributed by atoms with Crippen molar-refractivity contribution in [3.05, 3.63) is 16.6 Å². The van der Waals surface area contributed by atoms with E-state index < -0.39 is 0 Å². The molecule has 0 amide bonds. The molecule has 0 bridgehead atoms. The van der Waals surface area contributed by atoms with Gasteiger partial charge in [0.1, 0.15) is 0 Å². The van der Waals surface area contributed by atoms with Crippen molar-refractivity contribution >= 4 is 28.1 Å². The maximum absolute atomic E-state index is 5.05. The molecule has 0 atom stereocenters. The van der Waals surface area contributed by atoms with E-state index in [1.807, 2.05) is 31.1 Å². The molecule has 0 radical (unpaired) electrons. The van der Waals surface area contributed by atoms with Gasteiger partial charge >= 0.3 is 0 Å². The highest BCUT2D eigenvalue weighted by atomic mass is 79.9. The van der Waals surface area contributed by atoms with Crippen LogP contribution in [0.3, 0.4) is 0 Å². The third-order valence-electron chi connectivity index (χ3n) is 1.41. The van der Waals surface area contributed by atoms with Crippen molar-refractivity contribution in [3.8, 4) is 5.88 Å². The molecule has 0 aliphatic carbocycles. The number of pyridine rings is 1. The topological polar surface area (TPSA) is 37.7 Å². The van der Waals surface area contributed by atoms with Crippen molar-refractivity contribution in [2.75, 3.05) is 21.2 Å². The van der Waals surface area contributed by atoms with Gasteiger partial charge < -0.3 is 9.64 Å². The van der Waals surface area contributed by atoms with Crippen LogP contribution in [0.4, 0.5) is 5.82 Å². The predicted molar refractivity (Wildman–Crippen MR) is 60.3 cm³/mol. The molecule has 4 nitrogen and oxygen atoms in total. The van der Waals surface area contributed by atoms with Crippen molar-refractivity contribution in [2.24, 2.45) is 4.99 Å². The lowest BCUT2D eigenvalue weighted by Gasteiger charge is -2.04. The number of aliphatic imine (C=N–C) groups is 1. The monoisotopic (exact) mass is 257 g/mol. The number of methoxy groups -OCH3 is 1. The first-order valence-electron chi connectivity index (χ1n) is 4.04. The van der Waals surface area contributed by atoms with Crippen LogP contribution in [-0.2, 0) is 0 Å². The van der Waals surface area contributed by atoms with Crippen LogP contribution in [0.5, 0.6) is 5.88 Å². The molecule has 1 heterocycles. The molecule has 0 aliphatic heterocycles. The summed E-state index contributed by atoms with van der Waals surface area (Å²) in [4.78, 5) is 10.2. The molecular formula is C9H12BrN3O. The summed E-state index contributed by atoms with van der Waals surface area (Å²) in [7, 11) is 5.38. The van der Waals surface area contributed by atoms with E-state index >= 15 is 0 Å². The average Bonchev–Trinajstić information content (AvgIpc) is 2.16. The zero-order valence-corrected chi connectivity index (χ0v) is 9.95. The van der Waals surface area contributed by atoms with Gasteiger partial charge in [-0.3, -0.25) is 0 Å². The molecule has 5 heteroatoms. The van der Waals surface area contributed by atoms with E-state index in [0.29, 0.717) is 11.7 Å². The number of halogens is 1. The minimum Gasteiger partial charge on any atom is -0.480 e. The third kappa shape index (κ3) is 2.99. The Labute approximate surface area is 91.7 Å². The molecule has 0 unspecified atom stereocenters. The van der Waals surface area contributed by atoms with Crippen molar-refractivity contribution in [2.45, 2.75) is 0 Å². The zero-order valence-electron chi connectivity index (χ0n) is 8.36. The van der Waals surface area contributed by atoms with Gasteiger partial charge in [0, 0.05) is 14.1 Å². The van der Waals surface area contributed by atoms with Gasteiger partial charge in [-0.15, -0.1) is 0 Å². The molecule has 0 saturated carbocycles. The number of ether oxygens (including phenoxy) is 1. The van der Waals surface area contributed by atoms with Crippen molar-refractivity contribution in [1.82, 2.24) is 9.88 Å². The third-order valence-corrected chi connectivity index (χ3v) is 2.02. The summed E-state index contributed by atoms with van der Waals surface area (Å²) in [6, 6.07) is 3.67. The first-order chi connectivity index (χ1) is 6.63. The molecule has 0 N–H and O–H groups in total. The van der Waals surface area contributed by atoms with E-state index in [4.69, 9.17) is 4.74 Å². The maximum Gasteiger partial charge on any atom is 0.229 e. The number of nitrogens with zero attached hydrogens (tertiary/aromatic N) is 3. The first kappa shape index (κ1) is 11.0. The summed E-state index contributed by atoms with van der Waals surface area (Å²) in [6.07, 6.45) is 1.69. The van der Waals surface area contributed by atoms with Gasteiger partial charge in [-0.25, -0.2) is 4.99 Å².